The molecule has 0 bridgehead atoms. The minimum Gasteiger partial charge on any atom is -0.378 e. The van der Waals surface area contributed by atoms with E-state index in [1.165, 1.54) is 5.56 Å². The maximum absolute atomic E-state index is 5.97. The van der Waals surface area contributed by atoms with Gasteiger partial charge in [0.1, 0.15) is 0 Å². The second kappa shape index (κ2) is 4.19. The molecule has 1 aliphatic rings. The highest BCUT2D eigenvalue weighted by molar-refractivity contribution is 5.23. The summed E-state index contributed by atoms with van der Waals surface area (Å²) in [7, 11) is 1.79. The number of ether oxygens (including phenoxy) is 2. The molecule has 2 rings (SSSR count). The molecule has 0 aliphatic carbocycles. The van der Waals surface area contributed by atoms with Crippen LogP contribution in [0.1, 0.15) is 32.3 Å². The Kier molecular flexibility index (Phi) is 3.04. The molecule has 0 saturated carbocycles. The monoisotopic (exact) mass is 220 g/mol. The van der Waals surface area contributed by atoms with Crippen LogP contribution in [0.3, 0.4) is 0 Å². The maximum Gasteiger partial charge on any atom is 0.0930 e. The van der Waals surface area contributed by atoms with Crippen LogP contribution >= 0.6 is 0 Å². The summed E-state index contributed by atoms with van der Waals surface area (Å²) in [5, 5.41) is 0. The van der Waals surface area contributed by atoms with E-state index in [0.29, 0.717) is 0 Å². The van der Waals surface area contributed by atoms with Crippen LogP contribution in [-0.4, -0.2) is 19.3 Å². The van der Waals surface area contributed by atoms with Gasteiger partial charge in [-0.05, 0) is 25.8 Å². The SMILES string of the molecule is COC1(C)CCOC(C)(c2ccccc2)C1. The van der Waals surface area contributed by atoms with Crippen LogP contribution in [0.15, 0.2) is 30.3 Å². The summed E-state index contributed by atoms with van der Waals surface area (Å²) >= 11 is 0. The van der Waals surface area contributed by atoms with Crippen molar-refractivity contribution in [3.8, 4) is 0 Å². The van der Waals surface area contributed by atoms with Crippen molar-refractivity contribution in [3.05, 3.63) is 35.9 Å². The number of hydrogen-bond acceptors (Lipinski definition) is 2. The van der Waals surface area contributed by atoms with Crippen LogP contribution in [0.4, 0.5) is 0 Å². The predicted molar refractivity (Wildman–Crippen MR) is 64.4 cm³/mol. The summed E-state index contributed by atoms with van der Waals surface area (Å²) in [6, 6.07) is 10.4. The van der Waals surface area contributed by atoms with Gasteiger partial charge < -0.3 is 9.47 Å². The molecule has 1 saturated heterocycles. The van der Waals surface area contributed by atoms with Crippen molar-refractivity contribution in [2.75, 3.05) is 13.7 Å². The van der Waals surface area contributed by atoms with Crippen LogP contribution in [-0.2, 0) is 15.1 Å². The lowest BCUT2D eigenvalue weighted by Crippen LogP contribution is -2.45. The molecule has 0 spiro atoms. The number of rotatable bonds is 2. The van der Waals surface area contributed by atoms with Gasteiger partial charge in [0, 0.05) is 13.5 Å². The molecule has 1 aliphatic heterocycles. The van der Waals surface area contributed by atoms with Gasteiger partial charge in [0.05, 0.1) is 17.8 Å². The molecule has 2 atom stereocenters. The third-order valence-electron chi connectivity index (χ3n) is 3.64. The largest absolute Gasteiger partial charge is 0.378 e. The maximum atomic E-state index is 5.97. The highest BCUT2D eigenvalue weighted by Gasteiger charge is 2.41. The molecule has 1 aromatic rings. The molecule has 88 valence electrons. The summed E-state index contributed by atoms with van der Waals surface area (Å²) in [5.41, 5.74) is 0.950. The van der Waals surface area contributed by atoms with Crippen molar-refractivity contribution in [1.82, 2.24) is 0 Å². The van der Waals surface area contributed by atoms with Crippen molar-refractivity contribution in [2.45, 2.75) is 37.9 Å². The number of benzene rings is 1. The van der Waals surface area contributed by atoms with Gasteiger partial charge in [-0.1, -0.05) is 30.3 Å². The molecule has 2 unspecified atom stereocenters. The molecule has 0 amide bonds. The van der Waals surface area contributed by atoms with E-state index in [-0.39, 0.29) is 11.2 Å². The first kappa shape index (κ1) is 11.6. The van der Waals surface area contributed by atoms with E-state index in [0.717, 1.165) is 19.4 Å². The number of hydrogen-bond donors (Lipinski definition) is 0. The second-order valence-electron chi connectivity index (χ2n) is 5.03. The average Bonchev–Trinajstić information content (AvgIpc) is 2.30. The molecule has 0 aromatic heterocycles. The van der Waals surface area contributed by atoms with E-state index in [9.17, 15) is 0 Å². The van der Waals surface area contributed by atoms with Crippen molar-refractivity contribution in [2.24, 2.45) is 0 Å². The lowest BCUT2D eigenvalue weighted by atomic mass is 9.80. The molecule has 1 heterocycles. The lowest BCUT2D eigenvalue weighted by Gasteiger charge is -2.44. The van der Waals surface area contributed by atoms with E-state index in [1.807, 2.05) is 6.07 Å². The minimum atomic E-state index is -0.218. The standard InChI is InChI=1S/C14H20O2/c1-13(15-3)9-10-16-14(2,11-13)12-7-5-4-6-8-12/h4-8H,9-11H2,1-3H3. The van der Waals surface area contributed by atoms with Crippen LogP contribution < -0.4 is 0 Å². The molecule has 2 nitrogen and oxygen atoms in total. The Hall–Kier alpha value is -0.860. The normalized spacial score (nSPS) is 34.9. The Labute approximate surface area is 97.6 Å². The topological polar surface area (TPSA) is 18.5 Å². The zero-order valence-corrected chi connectivity index (χ0v) is 10.3. The van der Waals surface area contributed by atoms with Crippen molar-refractivity contribution in [1.29, 1.82) is 0 Å². The molecule has 0 N–H and O–H groups in total. The molecule has 16 heavy (non-hydrogen) atoms. The minimum absolute atomic E-state index is 0.0666. The Morgan fingerprint density at radius 1 is 1.19 bits per heavy atom. The molecular weight excluding hydrogens is 200 g/mol. The fraction of sp³-hybridized carbons (Fsp3) is 0.571. The van der Waals surface area contributed by atoms with Crippen LogP contribution in [0.2, 0.25) is 0 Å². The Balaban J connectivity index is 2.25. The van der Waals surface area contributed by atoms with Crippen LogP contribution in [0.5, 0.6) is 0 Å². The third kappa shape index (κ3) is 2.13. The summed E-state index contributed by atoms with van der Waals surface area (Å²) in [4.78, 5) is 0. The second-order valence-corrected chi connectivity index (χ2v) is 5.03. The summed E-state index contributed by atoms with van der Waals surface area (Å²) in [5.74, 6) is 0. The summed E-state index contributed by atoms with van der Waals surface area (Å²) in [6.45, 7) is 5.07. The summed E-state index contributed by atoms with van der Waals surface area (Å²) < 4.78 is 11.6. The quantitative estimate of drug-likeness (QED) is 0.762. The van der Waals surface area contributed by atoms with E-state index in [1.54, 1.807) is 7.11 Å². The predicted octanol–water partition coefficient (Wildman–Crippen LogP) is 3.12. The van der Waals surface area contributed by atoms with Gasteiger partial charge in [-0.2, -0.15) is 0 Å². The van der Waals surface area contributed by atoms with Gasteiger partial charge in [-0.3, -0.25) is 0 Å². The van der Waals surface area contributed by atoms with Crippen LogP contribution in [0.25, 0.3) is 0 Å². The lowest BCUT2D eigenvalue weighted by molar-refractivity contribution is -0.162. The van der Waals surface area contributed by atoms with Gasteiger partial charge in [0.25, 0.3) is 0 Å². The zero-order valence-electron chi connectivity index (χ0n) is 10.3. The third-order valence-corrected chi connectivity index (χ3v) is 3.64. The molecular formula is C14H20O2. The fourth-order valence-electron chi connectivity index (χ4n) is 2.50. The van der Waals surface area contributed by atoms with E-state index < -0.39 is 0 Å². The first-order chi connectivity index (χ1) is 7.58. The van der Waals surface area contributed by atoms with Crippen molar-refractivity contribution < 1.29 is 9.47 Å². The van der Waals surface area contributed by atoms with E-state index in [4.69, 9.17) is 9.47 Å². The zero-order chi connectivity index (χ0) is 11.6. The molecule has 2 heteroatoms. The van der Waals surface area contributed by atoms with E-state index in [2.05, 4.69) is 38.1 Å². The van der Waals surface area contributed by atoms with Crippen molar-refractivity contribution in [3.63, 3.8) is 0 Å². The Morgan fingerprint density at radius 2 is 1.88 bits per heavy atom. The molecule has 1 aromatic carbocycles. The molecule has 1 fully saturated rings. The molecule has 0 radical (unpaired) electrons. The smallest absolute Gasteiger partial charge is 0.0930 e. The van der Waals surface area contributed by atoms with E-state index >= 15 is 0 Å². The van der Waals surface area contributed by atoms with Gasteiger partial charge in [-0.15, -0.1) is 0 Å². The first-order valence-electron chi connectivity index (χ1n) is 5.83. The summed E-state index contributed by atoms with van der Waals surface area (Å²) in [6.07, 6.45) is 1.87. The van der Waals surface area contributed by atoms with Gasteiger partial charge in [0.2, 0.25) is 0 Å². The average molecular weight is 220 g/mol. The Morgan fingerprint density at radius 3 is 2.50 bits per heavy atom. The fourth-order valence-corrected chi connectivity index (χ4v) is 2.50. The van der Waals surface area contributed by atoms with Crippen molar-refractivity contribution >= 4 is 0 Å². The van der Waals surface area contributed by atoms with Gasteiger partial charge >= 0.3 is 0 Å². The highest BCUT2D eigenvalue weighted by Crippen LogP contribution is 2.40. The van der Waals surface area contributed by atoms with Gasteiger partial charge in [0.15, 0.2) is 0 Å². The highest BCUT2D eigenvalue weighted by atomic mass is 16.5. The van der Waals surface area contributed by atoms with Crippen LogP contribution in [0, 0.1) is 0 Å². The first-order valence-corrected chi connectivity index (χ1v) is 5.83. The Bertz CT molecular complexity index is 349. The number of methoxy groups -OCH3 is 1. The van der Waals surface area contributed by atoms with Gasteiger partial charge in [-0.25, -0.2) is 0 Å².